The highest BCUT2D eigenvalue weighted by molar-refractivity contribution is 5.88. The van der Waals surface area contributed by atoms with Crippen LogP contribution in [0.2, 0.25) is 0 Å². The van der Waals surface area contributed by atoms with Crippen LogP contribution < -0.4 is 4.74 Å². The number of hydrogen-bond acceptors (Lipinski definition) is 6. The van der Waals surface area contributed by atoms with Gasteiger partial charge in [-0.1, -0.05) is 48.6 Å². The van der Waals surface area contributed by atoms with Gasteiger partial charge in [0.1, 0.15) is 17.5 Å². The number of hydrogen-bond donors (Lipinski definition) is 0. The van der Waals surface area contributed by atoms with E-state index in [-0.39, 0.29) is 25.0 Å². The van der Waals surface area contributed by atoms with E-state index in [1.165, 1.54) is 22.3 Å². The summed E-state index contributed by atoms with van der Waals surface area (Å²) in [5.74, 6) is 0.612. The number of rotatable bonds is 9. The van der Waals surface area contributed by atoms with Gasteiger partial charge in [-0.25, -0.2) is 0 Å². The van der Waals surface area contributed by atoms with Gasteiger partial charge < -0.3 is 18.9 Å². The van der Waals surface area contributed by atoms with Crippen LogP contribution in [-0.2, 0) is 19.0 Å². The third kappa shape index (κ3) is 6.26. The molecule has 1 fully saturated rings. The Bertz CT molecular complexity index is 1250. The number of esters is 1. The molecule has 200 valence electrons. The lowest BCUT2D eigenvalue weighted by molar-refractivity contribution is -0.155. The standard InChI is InChI=1S/C32H37NO5/c1-22-18-25(36-21-37-31-24-10-12-27(28(31)19-24)23-8-6-5-7-9-23)11-13-26(22)29-20-33(16-17-35-29)15-14-30(34)38-32(2,3)4/h5-13,18-19,29,31H,14-17,20-21H2,1-4H3. The molecule has 2 aliphatic carbocycles. The second kappa shape index (κ2) is 11.3. The zero-order valence-electron chi connectivity index (χ0n) is 22.7. The molecule has 6 nitrogen and oxygen atoms in total. The number of allylic oxidation sites excluding steroid dienone is 2. The third-order valence-corrected chi connectivity index (χ3v) is 7.00. The van der Waals surface area contributed by atoms with Crippen molar-refractivity contribution in [3.63, 3.8) is 0 Å². The van der Waals surface area contributed by atoms with Gasteiger partial charge in [0.15, 0.2) is 6.79 Å². The number of aryl methyl sites for hydroxylation is 1. The molecule has 2 unspecified atom stereocenters. The monoisotopic (exact) mass is 515 g/mol. The van der Waals surface area contributed by atoms with Crippen LogP contribution >= 0.6 is 0 Å². The average Bonchev–Trinajstić information content (AvgIpc) is 2.89. The van der Waals surface area contributed by atoms with Crippen molar-refractivity contribution in [1.29, 1.82) is 0 Å². The van der Waals surface area contributed by atoms with E-state index >= 15 is 0 Å². The first-order valence-corrected chi connectivity index (χ1v) is 13.4. The maximum atomic E-state index is 12.1. The minimum absolute atomic E-state index is 0.0379. The third-order valence-electron chi connectivity index (χ3n) is 7.00. The van der Waals surface area contributed by atoms with Crippen molar-refractivity contribution < 1.29 is 23.7 Å². The first kappa shape index (κ1) is 26.4. The number of ether oxygens (including phenoxy) is 4. The van der Waals surface area contributed by atoms with E-state index in [0.717, 1.165) is 30.0 Å². The molecule has 0 spiro atoms. The van der Waals surface area contributed by atoms with Crippen LogP contribution in [0.3, 0.4) is 0 Å². The molecule has 1 saturated heterocycles. The van der Waals surface area contributed by atoms with Crippen LogP contribution in [0.4, 0.5) is 0 Å². The minimum atomic E-state index is -0.454. The predicted molar refractivity (Wildman–Crippen MR) is 148 cm³/mol. The Hall–Kier alpha value is -3.19. The zero-order chi connectivity index (χ0) is 26.7. The molecule has 1 aliphatic heterocycles. The number of morpholine rings is 1. The normalized spacial score (nSPS) is 21.1. The molecule has 2 atom stereocenters. The molecule has 0 N–H and O–H groups in total. The van der Waals surface area contributed by atoms with Crippen molar-refractivity contribution in [2.24, 2.45) is 0 Å². The smallest absolute Gasteiger partial charge is 0.307 e. The van der Waals surface area contributed by atoms with Crippen LogP contribution in [0, 0.1) is 6.92 Å². The molecule has 5 rings (SSSR count). The van der Waals surface area contributed by atoms with Crippen molar-refractivity contribution in [3.8, 4) is 5.75 Å². The van der Waals surface area contributed by atoms with E-state index in [4.69, 9.17) is 18.9 Å². The summed E-state index contributed by atoms with van der Waals surface area (Å²) in [7, 11) is 0. The van der Waals surface area contributed by atoms with E-state index in [1.54, 1.807) is 0 Å². The number of carbonyl (C=O) groups excluding carboxylic acids is 1. The molecule has 3 aliphatic rings. The Morgan fingerprint density at radius 2 is 1.92 bits per heavy atom. The number of nitrogens with zero attached hydrogens (tertiary/aromatic N) is 1. The Morgan fingerprint density at radius 3 is 2.66 bits per heavy atom. The zero-order valence-corrected chi connectivity index (χ0v) is 22.7. The van der Waals surface area contributed by atoms with E-state index in [0.29, 0.717) is 19.6 Å². The van der Waals surface area contributed by atoms with Crippen molar-refractivity contribution >= 4 is 11.5 Å². The molecule has 2 aromatic carbocycles. The largest absolute Gasteiger partial charge is 0.468 e. The molecule has 0 amide bonds. The van der Waals surface area contributed by atoms with Crippen molar-refractivity contribution in [1.82, 2.24) is 4.90 Å². The molecule has 0 saturated carbocycles. The van der Waals surface area contributed by atoms with E-state index in [2.05, 4.69) is 60.4 Å². The summed E-state index contributed by atoms with van der Waals surface area (Å²) < 4.78 is 23.6. The van der Waals surface area contributed by atoms with E-state index in [9.17, 15) is 4.79 Å². The summed E-state index contributed by atoms with van der Waals surface area (Å²) in [5, 5.41) is 0. The van der Waals surface area contributed by atoms with Gasteiger partial charge in [0.25, 0.3) is 0 Å². The molecular formula is C32H37NO5. The van der Waals surface area contributed by atoms with Crippen molar-refractivity contribution in [3.05, 3.63) is 94.6 Å². The van der Waals surface area contributed by atoms with Gasteiger partial charge in [-0.2, -0.15) is 0 Å². The number of carbonyl (C=O) groups is 1. The molecule has 2 bridgehead atoms. The summed E-state index contributed by atoms with van der Waals surface area (Å²) >= 11 is 0. The lowest BCUT2D eigenvalue weighted by Gasteiger charge is -2.35. The highest BCUT2D eigenvalue weighted by Gasteiger charge is 2.33. The Morgan fingerprint density at radius 1 is 1.11 bits per heavy atom. The second-order valence-electron chi connectivity index (χ2n) is 11.0. The summed E-state index contributed by atoms with van der Waals surface area (Å²) in [6.07, 6.45) is 6.77. The molecule has 0 radical (unpaired) electrons. The highest BCUT2D eigenvalue weighted by atomic mass is 16.7. The number of fused-ring (bicyclic) bond motifs is 2. The molecule has 0 aromatic heterocycles. The van der Waals surface area contributed by atoms with Gasteiger partial charge in [-0.15, -0.1) is 0 Å². The Balaban J connectivity index is 1.11. The summed E-state index contributed by atoms with van der Waals surface area (Å²) in [5.41, 5.74) is 6.59. The molecule has 2 aromatic rings. The summed E-state index contributed by atoms with van der Waals surface area (Å²) in [6, 6.07) is 16.5. The molecule has 6 heteroatoms. The van der Waals surface area contributed by atoms with Crippen LogP contribution in [0.5, 0.6) is 5.75 Å². The average molecular weight is 516 g/mol. The van der Waals surface area contributed by atoms with Gasteiger partial charge in [0.05, 0.1) is 19.1 Å². The Kier molecular flexibility index (Phi) is 7.84. The fraction of sp³-hybridized carbons (Fsp3) is 0.406. The fourth-order valence-corrected chi connectivity index (χ4v) is 5.12. The second-order valence-corrected chi connectivity index (χ2v) is 11.0. The highest BCUT2D eigenvalue weighted by Crippen LogP contribution is 2.42. The van der Waals surface area contributed by atoms with E-state index in [1.807, 2.05) is 39.0 Å². The maximum absolute atomic E-state index is 12.1. The SMILES string of the molecule is Cc1cc(OCOC2c3ccc(-c4ccccc4)c2c3)ccc1C1CN(CCC(=O)OC(C)(C)C)CCO1. The molecule has 1 heterocycles. The van der Waals surface area contributed by atoms with Gasteiger partial charge in [-0.05, 0) is 79.3 Å². The fourth-order valence-electron chi connectivity index (χ4n) is 5.12. The van der Waals surface area contributed by atoms with Crippen LogP contribution in [0.15, 0.2) is 77.9 Å². The molecule has 38 heavy (non-hydrogen) atoms. The lowest BCUT2D eigenvalue weighted by Crippen LogP contribution is -2.40. The van der Waals surface area contributed by atoms with E-state index < -0.39 is 5.60 Å². The molecular weight excluding hydrogens is 478 g/mol. The van der Waals surface area contributed by atoms with Crippen LogP contribution in [-0.4, -0.2) is 55.6 Å². The van der Waals surface area contributed by atoms with Crippen molar-refractivity contribution in [2.75, 3.05) is 33.0 Å². The first-order chi connectivity index (χ1) is 18.3. The summed E-state index contributed by atoms with van der Waals surface area (Å²) in [6.45, 7) is 10.8. The topological polar surface area (TPSA) is 57.2 Å². The minimum Gasteiger partial charge on any atom is -0.468 e. The quantitative estimate of drug-likeness (QED) is 0.312. The Labute approximate surface area is 225 Å². The first-order valence-electron chi connectivity index (χ1n) is 13.4. The van der Waals surface area contributed by atoms with Gasteiger partial charge in [0, 0.05) is 19.6 Å². The van der Waals surface area contributed by atoms with Gasteiger partial charge in [-0.3, -0.25) is 9.69 Å². The summed E-state index contributed by atoms with van der Waals surface area (Å²) in [4.78, 5) is 14.4. The maximum Gasteiger partial charge on any atom is 0.307 e. The van der Waals surface area contributed by atoms with Crippen LogP contribution in [0.25, 0.3) is 5.57 Å². The van der Waals surface area contributed by atoms with Gasteiger partial charge in [0.2, 0.25) is 0 Å². The lowest BCUT2D eigenvalue weighted by atomic mass is 9.77. The van der Waals surface area contributed by atoms with Gasteiger partial charge >= 0.3 is 5.97 Å². The number of benzene rings is 2. The van der Waals surface area contributed by atoms with Crippen LogP contribution in [0.1, 0.15) is 50.0 Å². The van der Waals surface area contributed by atoms with Crippen molar-refractivity contribution in [2.45, 2.75) is 51.9 Å². The predicted octanol–water partition coefficient (Wildman–Crippen LogP) is 5.79.